The number of aromatic nitrogens is 2. The van der Waals surface area contributed by atoms with Gasteiger partial charge in [-0.2, -0.15) is 0 Å². The highest BCUT2D eigenvalue weighted by Crippen LogP contribution is 2.16. The highest BCUT2D eigenvalue weighted by atomic mass is 16.5. The van der Waals surface area contributed by atoms with Crippen molar-refractivity contribution in [2.24, 2.45) is 0 Å². The maximum Gasteiger partial charge on any atom is 0.272 e. The summed E-state index contributed by atoms with van der Waals surface area (Å²) >= 11 is 0. The van der Waals surface area contributed by atoms with Crippen molar-refractivity contribution >= 4 is 11.6 Å². The third-order valence-corrected chi connectivity index (χ3v) is 3.04. The molecule has 0 saturated carbocycles. The van der Waals surface area contributed by atoms with E-state index in [4.69, 9.17) is 4.74 Å². The molecule has 0 spiro atoms. The fraction of sp³-hybridized carbons (Fsp3) is 0.643. The summed E-state index contributed by atoms with van der Waals surface area (Å²) in [5.74, 6) is 0.590. The summed E-state index contributed by atoms with van der Waals surface area (Å²) in [5, 5.41) is 5.77. The van der Waals surface area contributed by atoms with E-state index >= 15 is 0 Å². The minimum atomic E-state index is -0.413. The number of methoxy groups -OCH3 is 1. The zero-order chi connectivity index (χ0) is 15.3. The van der Waals surface area contributed by atoms with E-state index in [1.807, 2.05) is 27.7 Å². The van der Waals surface area contributed by atoms with Crippen LogP contribution >= 0.6 is 0 Å². The molecule has 0 fully saturated rings. The minimum Gasteiger partial charge on any atom is -0.385 e. The molecule has 0 aromatic carbocycles. The average molecular weight is 280 g/mol. The van der Waals surface area contributed by atoms with E-state index in [2.05, 4.69) is 20.6 Å². The number of ether oxygens (including phenoxy) is 1. The van der Waals surface area contributed by atoms with E-state index in [0.717, 1.165) is 0 Å². The van der Waals surface area contributed by atoms with Gasteiger partial charge < -0.3 is 15.4 Å². The number of hydrogen-bond donors (Lipinski definition) is 2. The number of hydrogen-bond acceptors (Lipinski definition) is 5. The summed E-state index contributed by atoms with van der Waals surface area (Å²) in [6, 6.07) is 0. The largest absolute Gasteiger partial charge is 0.385 e. The zero-order valence-electron chi connectivity index (χ0n) is 13.1. The van der Waals surface area contributed by atoms with Crippen molar-refractivity contribution in [3.63, 3.8) is 0 Å². The number of nitrogens with zero attached hydrogens (tertiary/aromatic N) is 2. The van der Waals surface area contributed by atoms with Crippen molar-refractivity contribution in [2.45, 2.75) is 39.2 Å². The Morgan fingerprint density at radius 3 is 2.60 bits per heavy atom. The molecular weight excluding hydrogens is 256 g/mol. The van der Waals surface area contributed by atoms with Crippen LogP contribution in [0.4, 0.5) is 5.69 Å². The molecule has 0 atom stereocenters. The standard InChI is InChI=1S/C14H24N4O2/c1-9(2)12-16-7-10(15-5)11(18-12)13(19)17-8-14(3,4)20-6/h7,9,15H,8H2,1-6H3,(H,17,19). The van der Waals surface area contributed by atoms with E-state index < -0.39 is 5.60 Å². The van der Waals surface area contributed by atoms with Crippen LogP contribution in [0.25, 0.3) is 0 Å². The Kier molecular flexibility index (Phi) is 5.44. The lowest BCUT2D eigenvalue weighted by Crippen LogP contribution is -2.40. The first kappa shape index (κ1) is 16.4. The molecule has 1 heterocycles. The van der Waals surface area contributed by atoms with Gasteiger partial charge in [0.2, 0.25) is 0 Å². The lowest BCUT2D eigenvalue weighted by molar-refractivity contribution is 0.0228. The molecule has 0 aliphatic carbocycles. The van der Waals surface area contributed by atoms with Crippen LogP contribution in [0, 0.1) is 0 Å². The predicted molar refractivity (Wildman–Crippen MR) is 79.1 cm³/mol. The molecule has 6 nitrogen and oxygen atoms in total. The molecule has 0 unspecified atom stereocenters. The normalized spacial score (nSPS) is 11.6. The number of amides is 1. The second kappa shape index (κ2) is 6.65. The van der Waals surface area contributed by atoms with Crippen LogP contribution in [-0.4, -0.2) is 42.2 Å². The molecule has 0 saturated heterocycles. The highest BCUT2D eigenvalue weighted by molar-refractivity contribution is 5.97. The maximum atomic E-state index is 12.3. The molecular formula is C14H24N4O2. The third-order valence-electron chi connectivity index (χ3n) is 3.04. The van der Waals surface area contributed by atoms with Gasteiger partial charge in [-0.1, -0.05) is 13.8 Å². The zero-order valence-corrected chi connectivity index (χ0v) is 13.1. The number of rotatable bonds is 6. The third kappa shape index (κ3) is 4.16. The second-order valence-corrected chi connectivity index (χ2v) is 5.54. The molecule has 1 rings (SSSR count). The van der Waals surface area contributed by atoms with Crippen molar-refractivity contribution in [3.05, 3.63) is 17.7 Å². The number of nitrogens with one attached hydrogen (secondary N) is 2. The lowest BCUT2D eigenvalue weighted by Gasteiger charge is -2.23. The summed E-state index contributed by atoms with van der Waals surface area (Å²) in [5.41, 5.74) is 0.559. The van der Waals surface area contributed by atoms with Crippen LogP contribution in [0.1, 0.15) is 49.9 Å². The molecule has 0 aliphatic heterocycles. The fourth-order valence-electron chi connectivity index (χ4n) is 1.48. The molecule has 1 aromatic rings. The first-order valence-electron chi connectivity index (χ1n) is 6.68. The molecule has 0 radical (unpaired) electrons. The van der Waals surface area contributed by atoms with Gasteiger partial charge in [0.25, 0.3) is 5.91 Å². The molecule has 1 aromatic heterocycles. The van der Waals surface area contributed by atoms with Gasteiger partial charge in [-0.25, -0.2) is 9.97 Å². The van der Waals surface area contributed by atoms with Crippen LogP contribution in [-0.2, 0) is 4.74 Å². The van der Waals surface area contributed by atoms with E-state index in [1.165, 1.54) is 0 Å². The summed E-state index contributed by atoms with van der Waals surface area (Å²) in [6.07, 6.45) is 1.64. The monoisotopic (exact) mass is 280 g/mol. The van der Waals surface area contributed by atoms with Gasteiger partial charge in [-0.3, -0.25) is 4.79 Å². The molecule has 112 valence electrons. The van der Waals surface area contributed by atoms with Crippen LogP contribution < -0.4 is 10.6 Å². The van der Waals surface area contributed by atoms with E-state index in [1.54, 1.807) is 20.4 Å². The van der Waals surface area contributed by atoms with Gasteiger partial charge in [0.15, 0.2) is 5.69 Å². The molecule has 1 amide bonds. The second-order valence-electron chi connectivity index (χ2n) is 5.54. The molecule has 2 N–H and O–H groups in total. The Hall–Kier alpha value is -1.69. The van der Waals surface area contributed by atoms with Crippen LogP contribution in [0.2, 0.25) is 0 Å². The molecule has 0 aliphatic rings. The maximum absolute atomic E-state index is 12.3. The van der Waals surface area contributed by atoms with E-state index in [-0.39, 0.29) is 11.8 Å². The Bertz CT molecular complexity index is 472. The topological polar surface area (TPSA) is 76.1 Å². The van der Waals surface area contributed by atoms with Crippen molar-refractivity contribution in [2.75, 3.05) is 26.0 Å². The summed E-state index contributed by atoms with van der Waals surface area (Å²) in [6.45, 7) is 8.21. The van der Waals surface area contributed by atoms with E-state index in [0.29, 0.717) is 23.8 Å². The van der Waals surface area contributed by atoms with Crippen molar-refractivity contribution in [1.82, 2.24) is 15.3 Å². The van der Waals surface area contributed by atoms with Crippen molar-refractivity contribution < 1.29 is 9.53 Å². The Morgan fingerprint density at radius 2 is 2.10 bits per heavy atom. The average Bonchev–Trinajstić information content (AvgIpc) is 2.44. The summed E-state index contributed by atoms with van der Waals surface area (Å²) in [4.78, 5) is 20.8. The van der Waals surface area contributed by atoms with E-state index in [9.17, 15) is 4.79 Å². The van der Waals surface area contributed by atoms with Gasteiger partial charge in [0.05, 0.1) is 17.5 Å². The number of carbonyl (C=O) groups excluding carboxylic acids is 1. The van der Waals surface area contributed by atoms with Crippen molar-refractivity contribution in [3.8, 4) is 0 Å². The van der Waals surface area contributed by atoms with Crippen LogP contribution in [0.15, 0.2) is 6.20 Å². The van der Waals surface area contributed by atoms with Gasteiger partial charge in [-0.05, 0) is 13.8 Å². The van der Waals surface area contributed by atoms with Gasteiger partial charge in [0.1, 0.15) is 5.82 Å². The number of carbonyl (C=O) groups is 1. The highest BCUT2D eigenvalue weighted by Gasteiger charge is 2.21. The SMILES string of the molecule is CNc1cnc(C(C)C)nc1C(=O)NCC(C)(C)OC. The van der Waals surface area contributed by atoms with Crippen molar-refractivity contribution in [1.29, 1.82) is 0 Å². The lowest BCUT2D eigenvalue weighted by atomic mass is 10.1. The molecule has 20 heavy (non-hydrogen) atoms. The number of anilines is 1. The summed E-state index contributed by atoms with van der Waals surface area (Å²) < 4.78 is 5.28. The van der Waals surface area contributed by atoms with Gasteiger partial charge >= 0.3 is 0 Å². The Morgan fingerprint density at radius 1 is 1.45 bits per heavy atom. The molecule has 6 heteroatoms. The van der Waals surface area contributed by atoms with Crippen LogP contribution in [0.3, 0.4) is 0 Å². The summed E-state index contributed by atoms with van der Waals surface area (Å²) in [7, 11) is 3.36. The van der Waals surface area contributed by atoms with Crippen LogP contribution in [0.5, 0.6) is 0 Å². The van der Waals surface area contributed by atoms with Gasteiger partial charge in [0, 0.05) is 26.6 Å². The smallest absolute Gasteiger partial charge is 0.272 e. The Balaban J connectivity index is 2.93. The predicted octanol–water partition coefficient (Wildman–Crippen LogP) is 1.80. The first-order chi connectivity index (χ1) is 9.30. The molecule has 0 bridgehead atoms. The minimum absolute atomic E-state index is 0.169. The quantitative estimate of drug-likeness (QED) is 0.831. The Labute approximate surface area is 120 Å². The van der Waals surface area contributed by atoms with Gasteiger partial charge in [-0.15, -0.1) is 0 Å². The first-order valence-corrected chi connectivity index (χ1v) is 6.68. The fourth-order valence-corrected chi connectivity index (χ4v) is 1.48.